The monoisotopic (exact) mass is 355 g/mol. The Hall–Kier alpha value is -2.11. The number of Topliss-reactive ketones (excluding diaryl/α,β-unsaturated/α-hetero) is 1. The van der Waals surface area contributed by atoms with Crippen LogP contribution in [0.1, 0.15) is 15.4 Å². The zero-order valence-electron chi connectivity index (χ0n) is 13.5. The van der Waals surface area contributed by atoms with Gasteiger partial charge in [0.2, 0.25) is 0 Å². The largest absolute Gasteiger partial charge is 0.497 e. The van der Waals surface area contributed by atoms with Crippen LogP contribution in [0.4, 0.5) is 0 Å². The minimum atomic E-state index is 0.111. The van der Waals surface area contributed by atoms with Crippen molar-refractivity contribution in [3.05, 3.63) is 65.2 Å². The standard InChI is InChI=1S/C19H17NO2S2/c1-13-18(24-19(20-13)14-7-4-3-5-8-14)17(21)12-23-16-10-6-9-15(11-16)22-2/h3-11H,12H2,1-2H3. The van der Waals surface area contributed by atoms with Gasteiger partial charge in [0.1, 0.15) is 10.8 Å². The van der Waals surface area contributed by atoms with Crippen molar-refractivity contribution in [2.24, 2.45) is 0 Å². The first-order valence-electron chi connectivity index (χ1n) is 7.50. The Labute approximate surface area is 149 Å². The Morgan fingerprint density at radius 1 is 1.17 bits per heavy atom. The summed E-state index contributed by atoms with van der Waals surface area (Å²) in [5, 5.41) is 0.892. The van der Waals surface area contributed by atoms with Gasteiger partial charge in [0.15, 0.2) is 5.78 Å². The number of benzene rings is 2. The lowest BCUT2D eigenvalue weighted by Crippen LogP contribution is -2.01. The summed E-state index contributed by atoms with van der Waals surface area (Å²) in [6, 6.07) is 17.7. The highest BCUT2D eigenvalue weighted by atomic mass is 32.2. The molecule has 0 amide bonds. The summed E-state index contributed by atoms with van der Waals surface area (Å²) < 4.78 is 5.21. The van der Waals surface area contributed by atoms with Crippen molar-refractivity contribution in [2.45, 2.75) is 11.8 Å². The number of ketones is 1. The van der Waals surface area contributed by atoms with Gasteiger partial charge in [0, 0.05) is 10.5 Å². The molecule has 3 nitrogen and oxygen atoms in total. The Kier molecular flexibility index (Phi) is 5.33. The van der Waals surface area contributed by atoms with E-state index in [4.69, 9.17) is 4.74 Å². The molecule has 0 aliphatic carbocycles. The SMILES string of the molecule is COc1cccc(SCC(=O)c2sc(-c3ccccc3)nc2C)c1. The normalized spacial score (nSPS) is 10.6. The summed E-state index contributed by atoms with van der Waals surface area (Å²) in [4.78, 5) is 18.9. The number of aryl methyl sites for hydroxylation is 1. The molecule has 0 N–H and O–H groups in total. The lowest BCUT2D eigenvalue weighted by atomic mass is 10.2. The molecular formula is C19H17NO2S2. The fourth-order valence-corrected chi connectivity index (χ4v) is 4.18. The average molecular weight is 355 g/mol. The first kappa shape index (κ1) is 16.7. The second-order valence-electron chi connectivity index (χ2n) is 5.19. The maximum Gasteiger partial charge on any atom is 0.184 e. The smallest absolute Gasteiger partial charge is 0.184 e. The molecule has 0 atom stereocenters. The zero-order chi connectivity index (χ0) is 16.9. The van der Waals surface area contributed by atoms with Gasteiger partial charge in [-0.15, -0.1) is 23.1 Å². The lowest BCUT2D eigenvalue weighted by Gasteiger charge is -2.03. The summed E-state index contributed by atoms with van der Waals surface area (Å²) in [5.41, 5.74) is 1.85. The van der Waals surface area contributed by atoms with Gasteiger partial charge in [-0.2, -0.15) is 0 Å². The quantitative estimate of drug-likeness (QED) is 0.455. The molecule has 5 heteroatoms. The number of ether oxygens (including phenoxy) is 1. The number of carbonyl (C=O) groups is 1. The van der Waals surface area contributed by atoms with Crippen molar-refractivity contribution in [1.82, 2.24) is 4.98 Å². The van der Waals surface area contributed by atoms with Gasteiger partial charge >= 0.3 is 0 Å². The summed E-state index contributed by atoms with van der Waals surface area (Å²) in [6.45, 7) is 1.90. The second-order valence-corrected chi connectivity index (χ2v) is 7.24. The molecule has 0 unspecified atom stereocenters. The summed E-state index contributed by atoms with van der Waals surface area (Å²) >= 11 is 2.98. The third-order valence-electron chi connectivity index (χ3n) is 3.48. The second kappa shape index (κ2) is 7.64. The van der Waals surface area contributed by atoms with E-state index in [0.717, 1.165) is 31.8 Å². The molecule has 2 aromatic carbocycles. The lowest BCUT2D eigenvalue weighted by molar-refractivity contribution is 0.102. The number of hydrogen-bond acceptors (Lipinski definition) is 5. The van der Waals surface area contributed by atoms with Gasteiger partial charge in [-0.1, -0.05) is 36.4 Å². The molecule has 3 rings (SSSR count). The minimum Gasteiger partial charge on any atom is -0.497 e. The number of hydrogen-bond donors (Lipinski definition) is 0. The van der Waals surface area contributed by atoms with E-state index < -0.39 is 0 Å². The predicted molar refractivity (Wildman–Crippen MR) is 100 cm³/mol. The van der Waals surface area contributed by atoms with Crippen LogP contribution in [-0.2, 0) is 0 Å². The molecular weight excluding hydrogens is 338 g/mol. The molecule has 0 aliphatic heterocycles. The number of thiazole rings is 1. The van der Waals surface area contributed by atoms with E-state index in [1.165, 1.54) is 23.1 Å². The van der Waals surface area contributed by atoms with Crippen molar-refractivity contribution in [2.75, 3.05) is 12.9 Å². The Morgan fingerprint density at radius 2 is 1.96 bits per heavy atom. The van der Waals surface area contributed by atoms with E-state index in [1.807, 2.05) is 61.5 Å². The van der Waals surface area contributed by atoms with Crippen LogP contribution in [-0.4, -0.2) is 23.6 Å². The van der Waals surface area contributed by atoms with Crippen LogP contribution in [0.2, 0.25) is 0 Å². The maximum absolute atomic E-state index is 12.6. The zero-order valence-corrected chi connectivity index (χ0v) is 15.1. The van der Waals surface area contributed by atoms with Gasteiger partial charge in [0.25, 0.3) is 0 Å². The molecule has 0 bridgehead atoms. The first-order chi connectivity index (χ1) is 11.7. The molecule has 24 heavy (non-hydrogen) atoms. The van der Waals surface area contributed by atoms with Crippen LogP contribution >= 0.6 is 23.1 Å². The fourth-order valence-electron chi connectivity index (χ4n) is 2.26. The van der Waals surface area contributed by atoms with Gasteiger partial charge in [-0.3, -0.25) is 4.79 Å². The first-order valence-corrected chi connectivity index (χ1v) is 9.30. The van der Waals surface area contributed by atoms with Crippen molar-refractivity contribution < 1.29 is 9.53 Å². The highest BCUT2D eigenvalue weighted by molar-refractivity contribution is 8.00. The molecule has 1 heterocycles. The van der Waals surface area contributed by atoms with Crippen molar-refractivity contribution in [3.63, 3.8) is 0 Å². The van der Waals surface area contributed by atoms with E-state index in [-0.39, 0.29) is 5.78 Å². The van der Waals surface area contributed by atoms with E-state index in [9.17, 15) is 4.79 Å². The maximum atomic E-state index is 12.6. The topological polar surface area (TPSA) is 39.2 Å². The Morgan fingerprint density at radius 3 is 2.71 bits per heavy atom. The molecule has 3 aromatic rings. The summed E-state index contributed by atoms with van der Waals surface area (Å²) in [5.74, 6) is 1.30. The predicted octanol–water partition coefficient (Wildman–Crippen LogP) is 5.10. The average Bonchev–Trinajstić information content (AvgIpc) is 3.02. The van der Waals surface area contributed by atoms with Crippen LogP contribution < -0.4 is 4.74 Å². The van der Waals surface area contributed by atoms with Gasteiger partial charge in [-0.05, 0) is 25.1 Å². The number of aromatic nitrogens is 1. The van der Waals surface area contributed by atoms with Gasteiger partial charge in [-0.25, -0.2) is 4.98 Å². The molecule has 0 saturated carbocycles. The summed E-state index contributed by atoms with van der Waals surface area (Å²) in [7, 11) is 1.64. The Balaban J connectivity index is 1.72. The van der Waals surface area contributed by atoms with E-state index >= 15 is 0 Å². The Bertz CT molecular complexity index is 844. The van der Waals surface area contributed by atoms with Crippen molar-refractivity contribution in [1.29, 1.82) is 0 Å². The molecule has 0 aliphatic rings. The van der Waals surface area contributed by atoms with Crippen LogP contribution in [0.25, 0.3) is 10.6 Å². The fraction of sp³-hybridized carbons (Fsp3) is 0.158. The molecule has 1 aromatic heterocycles. The molecule has 0 radical (unpaired) electrons. The third kappa shape index (κ3) is 3.86. The highest BCUT2D eigenvalue weighted by Crippen LogP contribution is 2.30. The van der Waals surface area contributed by atoms with Crippen LogP contribution in [0.15, 0.2) is 59.5 Å². The van der Waals surface area contributed by atoms with E-state index in [1.54, 1.807) is 7.11 Å². The van der Waals surface area contributed by atoms with Crippen molar-refractivity contribution in [3.8, 4) is 16.3 Å². The number of carbonyl (C=O) groups excluding carboxylic acids is 1. The van der Waals surface area contributed by atoms with E-state index in [0.29, 0.717) is 5.75 Å². The van der Waals surface area contributed by atoms with Crippen molar-refractivity contribution >= 4 is 28.9 Å². The van der Waals surface area contributed by atoms with Crippen LogP contribution in [0, 0.1) is 6.92 Å². The third-order valence-corrected chi connectivity index (χ3v) is 5.72. The van der Waals surface area contributed by atoms with Gasteiger partial charge in [0.05, 0.1) is 23.4 Å². The van der Waals surface area contributed by atoms with E-state index in [2.05, 4.69) is 4.98 Å². The molecule has 0 saturated heterocycles. The van der Waals surface area contributed by atoms with Crippen LogP contribution in [0.5, 0.6) is 5.75 Å². The molecule has 122 valence electrons. The number of nitrogens with zero attached hydrogens (tertiary/aromatic N) is 1. The summed E-state index contributed by atoms with van der Waals surface area (Å²) in [6.07, 6.45) is 0. The molecule has 0 spiro atoms. The minimum absolute atomic E-state index is 0.111. The number of rotatable bonds is 6. The van der Waals surface area contributed by atoms with Crippen LogP contribution in [0.3, 0.4) is 0 Å². The molecule has 0 fully saturated rings. The van der Waals surface area contributed by atoms with Gasteiger partial charge < -0.3 is 4.74 Å². The highest BCUT2D eigenvalue weighted by Gasteiger charge is 2.16. The number of thioether (sulfide) groups is 1. The number of methoxy groups -OCH3 is 1.